The van der Waals surface area contributed by atoms with Crippen molar-refractivity contribution in [1.29, 1.82) is 0 Å². The Morgan fingerprint density at radius 1 is 0.958 bits per heavy atom. The molecule has 1 aliphatic heterocycles. The minimum absolute atomic E-state index is 0.0279. The third-order valence-electron chi connectivity index (χ3n) is 4.62. The van der Waals surface area contributed by atoms with Crippen molar-refractivity contribution >= 4 is 0 Å². The highest BCUT2D eigenvalue weighted by molar-refractivity contribution is 5.38. The van der Waals surface area contributed by atoms with E-state index in [-0.39, 0.29) is 17.5 Å². The summed E-state index contributed by atoms with van der Waals surface area (Å²) in [5.41, 5.74) is -2.44. The van der Waals surface area contributed by atoms with Crippen LogP contribution in [0.15, 0.2) is 18.2 Å². The molecule has 1 aromatic carbocycles. The number of alkyl halides is 6. The molecule has 1 N–H and O–H groups in total. The summed E-state index contributed by atoms with van der Waals surface area (Å²) in [6, 6.07) is 1.58. The second-order valence-corrected chi connectivity index (χ2v) is 6.37. The summed E-state index contributed by atoms with van der Waals surface area (Å²) in [5.74, 6) is 0.0842. The van der Waals surface area contributed by atoms with Gasteiger partial charge < -0.3 is 5.32 Å². The average Bonchev–Trinajstić information content (AvgIpc) is 3.31. The van der Waals surface area contributed by atoms with Gasteiger partial charge in [-0.05, 0) is 36.5 Å². The van der Waals surface area contributed by atoms with Crippen molar-refractivity contribution in [2.75, 3.05) is 26.2 Å². The van der Waals surface area contributed by atoms with Crippen molar-refractivity contribution < 1.29 is 26.3 Å². The lowest BCUT2D eigenvalue weighted by atomic mass is 9.92. The lowest BCUT2D eigenvalue weighted by Gasteiger charge is -2.36. The normalized spacial score (nSPS) is 21.8. The smallest absolute Gasteiger partial charge is 0.314 e. The number of rotatable bonds is 3. The van der Waals surface area contributed by atoms with E-state index in [1.165, 1.54) is 0 Å². The minimum atomic E-state index is -4.81. The SMILES string of the molecule is FC(F)(F)c1ccc([C@H](C2CC2)N2CCNCC2)c(C(F)(F)F)c1. The monoisotopic (exact) mass is 352 g/mol. The van der Waals surface area contributed by atoms with Crippen LogP contribution in [-0.2, 0) is 12.4 Å². The molecule has 1 heterocycles. The van der Waals surface area contributed by atoms with Crippen molar-refractivity contribution in [3.05, 3.63) is 34.9 Å². The fourth-order valence-electron chi connectivity index (χ4n) is 3.36. The van der Waals surface area contributed by atoms with Gasteiger partial charge in [-0.1, -0.05) is 6.07 Å². The molecule has 1 aliphatic carbocycles. The standard InChI is InChI=1S/C16H18F6N2/c17-15(18,19)11-3-4-12(13(9-11)16(20,21)22)14(10-1-2-10)24-7-5-23-6-8-24/h3-4,9-10,14,23H,1-2,5-8H2/t14-/m0/s1. The zero-order valence-corrected chi connectivity index (χ0v) is 12.8. The van der Waals surface area contributed by atoms with Crippen molar-refractivity contribution in [2.45, 2.75) is 31.2 Å². The van der Waals surface area contributed by atoms with E-state index in [1.807, 2.05) is 4.90 Å². The first-order valence-electron chi connectivity index (χ1n) is 7.91. The fourth-order valence-corrected chi connectivity index (χ4v) is 3.36. The second-order valence-electron chi connectivity index (χ2n) is 6.37. The zero-order valence-electron chi connectivity index (χ0n) is 12.8. The molecular formula is C16H18F6N2. The van der Waals surface area contributed by atoms with Crippen LogP contribution in [0.2, 0.25) is 0 Å². The van der Waals surface area contributed by atoms with Gasteiger partial charge in [0.1, 0.15) is 0 Å². The van der Waals surface area contributed by atoms with Crippen LogP contribution in [0.4, 0.5) is 26.3 Å². The van der Waals surface area contributed by atoms with E-state index in [4.69, 9.17) is 0 Å². The van der Waals surface area contributed by atoms with Gasteiger partial charge in [0.05, 0.1) is 11.1 Å². The highest BCUT2D eigenvalue weighted by Gasteiger charge is 2.44. The molecule has 1 atom stereocenters. The van der Waals surface area contributed by atoms with Crippen LogP contribution in [-0.4, -0.2) is 31.1 Å². The van der Waals surface area contributed by atoms with E-state index in [2.05, 4.69) is 5.32 Å². The first kappa shape index (κ1) is 17.5. The maximum Gasteiger partial charge on any atom is 0.416 e. The summed E-state index contributed by atoms with van der Waals surface area (Å²) in [6.45, 7) is 2.54. The Morgan fingerprint density at radius 2 is 1.58 bits per heavy atom. The Hall–Kier alpha value is -1.28. The largest absolute Gasteiger partial charge is 0.416 e. The number of hydrogen-bond donors (Lipinski definition) is 1. The lowest BCUT2D eigenvalue weighted by molar-refractivity contribution is -0.143. The summed E-state index contributed by atoms with van der Waals surface area (Å²) in [7, 11) is 0. The number of piperazine rings is 1. The number of nitrogens with one attached hydrogen (secondary N) is 1. The van der Waals surface area contributed by atoms with E-state index in [0.29, 0.717) is 26.2 Å². The van der Waals surface area contributed by atoms with Crippen LogP contribution >= 0.6 is 0 Å². The van der Waals surface area contributed by atoms with Gasteiger partial charge in [-0.3, -0.25) is 4.90 Å². The molecule has 0 unspecified atom stereocenters. The van der Waals surface area contributed by atoms with Crippen molar-refractivity contribution in [1.82, 2.24) is 10.2 Å². The maximum absolute atomic E-state index is 13.4. The highest BCUT2D eigenvalue weighted by Crippen LogP contribution is 2.48. The Kier molecular flexibility index (Phi) is 4.55. The van der Waals surface area contributed by atoms with Crippen molar-refractivity contribution in [3.63, 3.8) is 0 Å². The molecule has 1 saturated carbocycles. The quantitative estimate of drug-likeness (QED) is 0.825. The molecule has 1 saturated heterocycles. The van der Waals surface area contributed by atoms with Gasteiger partial charge in [-0.15, -0.1) is 0 Å². The first-order chi connectivity index (χ1) is 11.2. The summed E-state index contributed by atoms with van der Waals surface area (Å²) >= 11 is 0. The summed E-state index contributed by atoms with van der Waals surface area (Å²) in [5, 5.41) is 3.14. The molecule has 2 aliphatic rings. The van der Waals surface area contributed by atoms with Crippen molar-refractivity contribution in [2.24, 2.45) is 5.92 Å². The molecule has 2 nitrogen and oxygen atoms in total. The molecule has 1 aromatic rings. The number of halogens is 6. The van der Waals surface area contributed by atoms with Crippen LogP contribution in [0.5, 0.6) is 0 Å². The summed E-state index contributed by atoms with van der Waals surface area (Å²) < 4.78 is 78.8. The van der Waals surface area contributed by atoms with Crippen LogP contribution in [0, 0.1) is 5.92 Å². The Bertz CT molecular complexity index is 585. The highest BCUT2D eigenvalue weighted by atomic mass is 19.4. The van der Waals surface area contributed by atoms with E-state index in [1.54, 1.807) is 0 Å². The Labute approximate surface area is 135 Å². The molecular weight excluding hydrogens is 334 g/mol. The van der Waals surface area contributed by atoms with Gasteiger partial charge in [0.25, 0.3) is 0 Å². The third-order valence-corrected chi connectivity index (χ3v) is 4.62. The number of benzene rings is 1. The molecule has 2 fully saturated rings. The molecule has 8 heteroatoms. The predicted molar refractivity (Wildman–Crippen MR) is 76.4 cm³/mol. The third kappa shape index (κ3) is 3.69. The van der Waals surface area contributed by atoms with Gasteiger partial charge >= 0.3 is 12.4 Å². The molecule has 0 aromatic heterocycles. The zero-order chi connectivity index (χ0) is 17.5. The van der Waals surface area contributed by atoms with Crippen LogP contribution in [0.3, 0.4) is 0 Å². The molecule has 134 valence electrons. The van der Waals surface area contributed by atoms with E-state index >= 15 is 0 Å². The maximum atomic E-state index is 13.4. The molecule has 24 heavy (non-hydrogen) atoms. The molecule has 3 rings (SSSR count). The minimum Gasteiger partial charge on any atom is -0.314 e. The van der Waals surface area contributed by atoms with Gasteiger partial charge in [0, 0.05) is 32.2 Å². The molecule has 0 amide bonds. The van der Waals surface area contributed by atoms with E-state index in [9.17, 15) is 26.3 Å². The molecule has 0 radical (unpaired) electrons. The van der Waals surface area contributed by atoms with Crippen molar-refractivity contribution in [3.8, 4) is 0 Å². The van der Waals surface area contributed by atoms with Crippen LogP contribution in [0.1, 0.15) is 35.6 Å². The van der Waals surface area contributed by atoms with E-state index in [0.717, 1.165) is 25.0 Å². The topological polar surface area (TPSA) is 15.3 Å². The summed E-state index contributed by atoms with van der Waals surface area (Å²) in [6.07, 6.45) is -7.97. The Morgan fingerprint density at radius 3 is 2.08 bits per heavy atom. The van der Waals surface area contributed by atoms with Gasteiger partial charge in [-0.25, -0.2) is 0 Å². The second kappa shape index (κ2) is 6.22. The van der Waals surface area contributed by atoms with Gasteiger partial charge in [0.2, 0.25) is 0 Å². The van der Waals surface area contributed by atoms with Crippen LogP contribution in [0.25, 0.3) is 0 Å². The fraction of sp³-hybridized carbons (Fsp3) is 0.625. The number of nitrogens with zero attached hydrogens (tertiary/aromatic N) is 1. The number of hydrogen-bond acceptors (Lipinski definition) is 2. The first-order valence-corrected chi connectivity index (χ1v) is 7.91. The summed E-state index contributed by atoms with van der Waals surface area (Å²) in [4.78, 5) is 1.96. The van der Waals surface area contributed by atoms with Gasteiger partial charge in [0.15, 0.2) is 0 Å². The average molecular weight is 352 g/mol. The van der Waals surface area contributed by atoms with Gasteiger partial charge in [-0.2, -0.15) is 26.3 Å². The predicted octanol–water partition coefficient (Wildman–Crippen LogP) is 4.08. The van der Waals surface area contributed by atoms with Crippen LogP contribution < -0.4 is 5.32 Å². The Balaban J connectivity index is 2.03. The lowest BCUT2D eigenvalue weighted by Crippen LogP contribution is -2.46. The van der Waals surface area contributed by atoms with E-state index < -0.39 is 29.5 Å². The molecule has 0 bridgehead atoms. The molecule has 0 spiro atoms.